The summed E-state index contributed by atoms with van der Waals surface area (Å²) < 4.78 is 17.1. The van der Waals surface area contributed by atoms with Crippen molar-refractivity contribution in [2.24, 2.45) is 11.8 Å². The molecule has 0 spiro atoms. The van der Waals surface area contributed by atoms with Crippen molar-refractivity contribution in [3.63, 3.8) is 0 Å². The predicted octanol–water partition coefficient (Wildman–Crippen LogP) is 3.42. The predicted molar refractivity (Wildman–Crippen MR) is 115 cm³/mol. The Morgan fingerprint density at radius 2 is 2.08 bits per heavy atom. The lowest BCUT2D eigenvalue weighted by Crippen LogP contribution is -2.24. The van der Waals surface area contributed by atoms with Gasteiger partial charge in [0.2, 0.25) is 0 Å². The Kier molecular flexibility index (Phi) is 7.68. The standard InChI is InChI=1S/C18H26BO4P3/c20-18-10-15-14(17(22-19(24)25)11-16(15)21-18)9-8-13(23-26)7-6-12-4-2-1-3-5-12/h1-5,8-9,13-17H,6-7,10-11,24-26H2/t13-,14-,15-,16+,17-/m1/s1. The summed E-state index contributed by atoms with van der Waals surface area (Å²) in [5.74, 6) is 0.291. The molecule has 0 N–H and O–H groups in total. The van der Waals surface area contributed by atoms with Crippen LogP contribution in [-0.2, 0) is 25.1 Å². The van der Waals surface area contributed by atoms with Crippen molar-refractivity contribution < 1.29 is 18.7 Å². The van der Waals surface area contributed by atoms with Gasteiger partial charge in [-0.25, -0.2) is 0 Å². The molecule has 140 valence electrons. The average Bonchev–Trinajstić information content (AvgIpc) is 3.11. The number of carbonyl (C=O) groups excluding carboxylic acids is 1. The van der Waals surface area contributed by atoms with Crippen molar-refractivity contribution in [2.45, 2.75) is 44.0 Å². The Hall–Kier alpha value is -0.295. The summed E-state index contributed by atoms with van der Waals surface area (Å²) in [4.78, 5) is 11.7. The maximum absolute atomic E-state index is 11.7. The summed E-state index contributed by atoms with van der Waals surface area (Å²) in [6, 6.07) is 10.4. The fourth-order valence-corrected chi connectivity index (χ4v) is 4.56. The molecule has 4 nitrogen and oxygen atoms in total. The van der Waals surface area contributed by atoms with Gasteiger partial charge in [-0.05, 0) is 18.4 Å². The highest BCUT2D eigenvalue weighted by Crippen LogP contribution is 2.44. The highest BCUT2D eigenvalue weighted by Gasteiger charge is 2.49. The lowest BCUT2D eigenvalue weighted by Gasteiger charge is -2.22. The third-order valence-corrected chi connectivity index (χ3v) is 5.83. The minimum Gasteiger partial charge on any atom is -0.462 e. The van der Waals surface area contributed by atoms with E-state index in [1.165, 1.54) is 5.56 Å². The minimum absolute atomic E-state index is 0.00251. The summed E-state index contributed by atoms with van der Waals surface area (Å²) in [6.07, 6.45) is 7.46. The summed E-state index contributed by atoms with van der Waals surface area (Å²) in [7, 11) is 7.66. The number of rotatable bonds is 8. The summed E-state index contributed by atoms with van der Waals surface area (Å²) in [5.41, 5.74) is 1.30. The molecule has 2 aliphatic rings. The lowest BCUT2D eigenvalue weighted by atomic mass is 9.91. The number of benzene rings is 1. The van der Waals surface area contributed by atoms with Gasteiger partial charge in [0.15, 0.2) is 0 Å². The molecule has 1 aromatic rings. The SMILES string of the molecule is O=C1C[C@@H]2[C@@H](C=C[C@@H](CCc3ccccc3)OP)[C@H](OB(P)P)C[C@@H]2O1. The van der Waals surface area contributed by atoms with Crippen LogP contribution in [0.25, 0.3) is 0 Å². The van der Waals surface area contributed by atoms with Crippen LogP contribution < -0.4 is 0 Å². The molecule has 8 heteroatoms. The van der Waals surface area contributed by atoms with Gasteiger partial charge in [-0.15, -0.1) is 18.2 Å². The first kappa shape index (κ1) is 20.4. The van der Waals surface area contributed by atoms with Gasteiger partial charge in [0.25, 0.3) is 0 Å². The van der Waals surface area contributed by atoms with Crippen LogP contribution >= 0.6 is 27.7 Å². The van der Waals surface area contributed by atoms with Crippen LogP contribution in [-0.4, -0.2) is 30.6 Å². The van der Waals surface area contributed by atoms with E-state index in [0.717, 1.165) is 19.3 Å². The Morgan fingerprint density at radius 3 is 2.77 bits per heavy atom. The molecule has 1 aromatic carbocycles. The number of carbonyl (C=O) groups is 1. The number of fused-ring (bicyclic) bond motifs is 1. The van der Waals surface area contributed by atoms with E-state index >= 15 is 0 Å². The van der Waals surface area contributed by atoms with E-state index in [-0.39, 0.29) is 42.5 Å². The third-order valence-electron chi connectivity index (χ3n) is 5.17. The summed E-state index contributed by atoms with van der Waals surface area (Å²) in [6.45, 7) is 0. The van der Waals surface area contributed by atoms with Crippen molar-refractivity contribution in [3.8, 4) is 0 Å². The van der Waals surface area contributed by atoms with Crippen LogP contribution in [0.4, 0.5) is 0 Å². The summed E-state index contributed by atoms with van der Waals surface area (Å²) >= 11 is 0. The first-order chi connectivity index (χ1) is 12.6. The molecule has 8 atom stereocenters. The van der Waals surface area contributed by atoms with E-state index in [0.29, 0.717) is 6.42 Å². The van der Waals surface area contributed by atoms with Crippen LogP contribution in [0.1, 0.15) is 24.8 Å². The Bertz CT molecular complexity index is 628. The maximum atomic E-state index is 11.7. The van der Waals surface area contributed by atoms with Crippen molar-refractivity contribution in [2.75, 3.05) is 0 Å². The Balaban J connectivity index is 1.63. The van der Waals surface area contributed by atoms with Gasteiger partial charge in [-0.1, -0.05) is 42.5 Å². The van der Waals surface area contributed by atoms with E-state index in [1.807, 2.05) is 6.07 Å². The molecule has 3 rings (SSSR count). The molecule has 0 radical (unpaired) electrons. The topological polar surface area (TPSA) is 44.8 Å². The number of hydrogen-bond acceptors (Lipinski definition) is 4. The first-order valence-corrected chi connectivity index (χ1v) is 10.8. The average molecular weight is 410 g/mol. The first-order valence-electron chi connectivity index (χ1n) is 9.00. The Morgan fingerprint density at radius 1 is 1.31 bits per heavy atom. The van der Waals surface area contributed by atoms with Crippen LogP contribution in [0, 0.1) is 11.8 Å². The van der Waals surface area contributed by atoms with Crippen molar-refractivity contribution in [1.29, 1.82) is 0 Å². The third kappa shape index (κ3) is 5.37. The number of hydrogen-bond donors (Lipinski definition) is 0. The number of esters is 1. The van der Waals surface area contributed by atoms with Crippen LogP contribution in [0.5, 0.6) is 0 Å². The molecule has 26 heavy (non-hydrogen) atoms. The fraction of sp³-hybridized carbons (Fsp3) is 0.500. The Labute approximate surface area is 162 Å². The number of ether oxygens (including phenoxy) is 1. The number of aryl methyl sites for hydroxylation is 1. The van der Waals surface area contributed by atoms with Crippen LogP contribution in [0.2, 0.25) is 0 Å². The molecule has 1 aliphatic carbocycles. The maximum Gasteiger partial charge on any atom is 0.336 e. The molecular weight excluding hydrogens is 384 g/mol. The van der Waals surface area contributed by atoms with E-state index in [1.54, 1.807) is 0 Å². The van der Waals surface area contributed by atoms with E-state index in [9.17, 15) is 4.79 Å². The van der Waals surface area contributed by atoms with Crippen LogP contribution in [0.15, 0.2) is 42.5 Å². The molecule has 0 amide bonds. The van der Waals surface area contributed by atoms with Gasteiger partial charge in [0.1, 0.15) is 6.10 Å². The zero-order valence-electron chi connectivity index (χ0n) is 14.7. The molecular formula is C18H26BO4P3. The molecule has 1 heterocycles. The molecule has 3 unspecified atom stereocenters. The quantitative estimate of drug-likeness (QED) is 0.285. The van der Waals surface area contributed by atoms with Gasteiger partial charge in [0.05, 0.1) is 18.6 Å². The fourth-order valence-electron chi connectivity index (χ4n) is 3.93. The van der Waals surface area contributed by atoms with Crippen LogP contribution in [0.3, 0.4) is 0 Å². The van der Waals surface area contributed by atoms with E-state index < -0.39 is 0 Å². The van der Waals surface area contributed by atoms with Gasteiger partial charge in [-0.2, -0.15) is 0 Å². The smallest absolute Gasteiger partial charge is 0.336 e. The van der Waals surface area contributed by atoms with Crippen molar-refractivity contribution in [1.82, 2.24) is 0 Å². The van der Waals surface area contributed by atoms with Gasteiger partial charge in [0, 0.05) is 27.7 Å². The molecule has 0 bridgehead atoms. The second kappa shape index (κ2) is 9.76. The van der Waals surface area contributed by atoms with Gasteiger partial charge >= 0.3 is 12.3 Å². The zero-order chi connectivity index (χ0) is 18.5. The summed E-state index contributed by atoms with van der Waals surface area (Å²) in [5, 5.41) is 0. The molecule has 1 saturated carbocycles. The normalized spacial score (nSPS) is 29.0. The monoisotopic (exact) mass is 410 g/mol. The highest BCUT2D eigenvalue weighted by atomic mass is 31.1. The van der Waals surface area contributed by atoms with Crippen molar-refractivity contribution in [3.05, 3.63) is 48.0 Å². The molecule has 1 aliphatic heterocycles. The minimum atomic E-state index is -0.0897. The second-order valence-electron chi connectivity index (χ2n) is 6.93. The van der Waals surface area contributed by atoms with Gasteiger partial charge < -0.3 is 13.9 Å². The molecule has 2 fully saturated rings. The molecule has 0 aromatic heterocycles. The lowest BCUT2D eigenvalue weighted by molar-refractivity contribution is -0.141. The van der Waals surface area contributed by atoms with E-state index in [4.69, 9.17) is 13.9 Å². The largest absolute Gasteiger partial charge is 0.462 e. The second-order valence-corrected chi connectivity index (χ2v) is 9.29. The molecule has 1 saturated heterocycles. The van der Waals surface area contributed by atoms with E-state index in [2.05, 4.69) is 64.1 Å². The van der Waals surface area contributed by atoms with Gasteiger partial charge in [-0.3, -0.25) is 4.79 Å². The highest BCUT2D eigenvalue weighted by molar-refractivity contribution is 7.92. The zero-order valence-corrected chi connectivity index (χ0v) is 18.2. The van der Waals surface area contributed by atoms with Crippen molar-refractivity contribution >= 4 is 40.0 Å².